The molecule has 1 aromatic carbocycles. The Morgan fingerprint density at radius 2 is 2.03 bits per heavy atom. The lowest BCUT2D eigenvalue weighted by molar-refractivity contribution is -0.121. The Hall–Kier alpha value is -4.72. The van der Waals surface area contributed by atoms with Crippen LogP contribution in [0, 0.1) is 11.3 Å². The van der Waals surface area contributed by atoms with E-state index in [0.717, 1.165) is 22.0 Å². The maximum atomic E-state index is 12.2. The monoisotopic (exact) mass is 439 g/mol. The summed E-state index contributed by atoms with van der Waals surface area (Å²) in [6, 6.07) is 10.9. The summed E-state index contributed by atoms with van der Waals surface area (Å²) in [5.41, 5.74) is 9.39. The summed E-state index contributed by atoms with van der Waals surface area (Å²) >= 11 is 0. The molecule has 1 unspecified atom stereocenters. The number of hydrogen-bond acceptors (Lipinski definition) is 8. The second kappa shape index (κ2) is 6.89. The number of urea groups is 1. The van der Waals surface area contributed by atoms with E-state index in [-0.39, 0.29) is 23.8 Å². The molecule has 2 saturated heterocycles. The zero-order valence-electron chi connectivity index (χ0n) is 17.3. The van der Waals surface area contributed by atoms with Gasteiger partial charge in [0.2, 0.25) is 0 Å². The molecule has 11 nitrogen and oxygen atoms in total. The molecule has 11 heteroatoms. The van der Waals surface area contributed by atoms with Crippen molar-refractivity contribution in [2.45, 2.75) is 6.04 Å². The SMILES string of the molecule is N#Cc1c(N2CCN3C(=O)NC(=O)C3C2)nc2c(-c3cnc4ccccc4c3)cnn2c1N. The van der Waals surface area contributed by atoms with Gasteiger partial charge in [-0.1, -0.05) is 18.2 Å². The van der Waals surface area contributed by atoms with E-state index < -0.39 is 12.1 Å². The number of aromatic nitrogens is 4. The molecule has 5 heterocycles. The highest BCUT2D eigenvalue weighted by atomic mass is 16.2. The molecule has 0 bridgehead atoms. The number of piperazine rings is 1. The third-order valence-corrected chi connectivity index (χ3v) is 6.15. The molecule has 33 heavy (non-hydrogen) atoms. The number of fused-ring (bicyclic) bond motifs is 3. The van der Waals surface area contributed by atoms with E-state index in [1.807, 2.05) is 35.2 Å². The lowest BCUT2D eigenvalue weighted by atomic mass is 10.1. The molecule has 0 saturated carbocycles. The number of nitrogens with zero attached hydrogens (tertiary/aromatic N) is 7. The molecule has 2 fully saturated rings. The fourth-order valence-corrected chi connectivity index (χ4v) is 4.46. The molecule has 3 N–H and O–H groups in total. The van der Waals surface area contributed by atoms with E-state index >= 15 is 0 Å². The fraction of sp³-hybridized carbons (Fsp3) is 0.182. The van der Waals surface area contributed by atoms with Gasteiger partial charge in [-0.3, -0.25) is 15.1 Å². The Morgan fingerprint density at radius 3 is 2.88 bits per heavy atom. The van der Waals surface area contributed by atoms with Crippen molar-refractivity contribution in [1.29, 1.82) is 5.26 Å². The topological polar surface area (TPSA) is 146 Å². The van der Waals surface area contributed by atoms with Crippen LogP contribution in [0.15, 0.2) is 42.7 Å². The van der Waals surface area contributed by atoms with Crippen molar-refractivity contribution in [2.24, 2.45) is 0 Å². The Morgan fingerprint density at radius 1 is 1.18 bits per heavy atom. The number of nitrogens with one attached hydrogen (secondary N) is 1. The molecule has 2 aliphatic rings. The summed E-state index contributed by atoms with van der Waals surface area (Å²) in [4.78, 5) is 36.8. The Kier molecular flexibility index (Phi) is 3.97. The Labute approximate surface area is 187 Å². The van der Waals surface area contributed by atoms with Crippen molar-refractivity contribution in [1.82, 2.24) is 29.8 Å². The van der Waals surface area contributed by atoms with E-state index in [1.165, 1.54) is 9.42 Å². The summed E-state index contributed by atoms with van der Waals surface area (Å²) in [5.74, 6) is 0.168. The number of amides is 3. The van der Waals surface area contributed by atoms with Crippen molar-refractivity contribution in [3.05, 3.63) is 48.3 Å². The average molecular weight is 439 g/mol. The van der Waals surface area contributed by atoms with Crippen LogP contribution in [0.1, 0.15) is 5.56 Å². The van der Waals surface area contributed by atoms with Gasteiger partial charge in [0, 0.05) is 42.3 Å². The van der Waals surface area contributed by atoms with Crippen molar-refractivity contribution in [2.75, 3.05) is 30.3 Å². The zero-order valence-corrected chi connectivity index (χ0v) is 17.3. The fourth-order valence-electron chi connectivity index (χ4n) is 4.46. The van der Waals surface area contributed by atoms with Crippen LogP contribution in [-0.4, -0.2) is 62.1 Å². The molecular formula is C22H17N9O2. The third kappa shape index (κ3) is 2.77. The molecule has 0 spiro atoms. The van der Waals surface area contributed by atoms with Crippen LogP contribution < -0.4 is 16.0 Å². The minimum absolute atomic E-state index is 0.159. The molecule has 162 valence electrons. The summed E-state index contributed by atoms with van der Waals surface area (Å²) in [6.07, 6.45) is 3.40. The van der Waals surface area contributed by atoms with Gasteiger partial charge in [0.1, 0.15) is 23.5 Å². The number of nitrogens with two attached hydrogens (primary N) is 1. The van der Waals surface area contributed by atoms with Gasteiger partial charge < -0.3 is 15.5 Å². The van der Waals surface area contributed by atoms with Crippen molar-refractivity contribution in [3.8, 4) is 17.2 Å². The lowest BCUT2D eigenvalue weighted by Gasteiger charge is -2.36. The number of nitrogen functional groups attached to an aromatic ring is 1. The van der Waals surface area contributed by atoms with Gasteiger partial charge in [-0.05, 0) is 12.1 Å². The Bertz CT molecular complexity index is 1520. The number of nitriles is 1. The number of pyridine rings is 1. The van der Waals surface area contributed by atoms with Crippen LogP contribution in [-0.2, 0) is 4.79 Å². The summed E-state index contributed by atoms with van der Waals surface area (Å²) in [7, 11) is 0. The van der Waals surface area contributed by atoms with Crippen LogP contribution in [0.2, 0.25) is 0 Å². The average Bonchev–Trinajstić information content (AvgIpc) is 3.39. The molecule has 4 aromatic rings. The number of benzene rings is 1. The van der Waals surface area contributed by atoms with Crippen LogP contribution in [0.25, 0.3) is 27.7 Å². The van der Waals surface area contributed by atoms with Gasteiger partial charge in [0.05, 0.1) is 11.7 Å². The number of anilines is 2. The minimum atomic E-state index is -0.633. The largest absolute Gasteiger partial charge is 0.382 e. The number of carbonyl (C=O) groups excluding carboxylic acids is 2. The number of rotatable bonds is 2. The van der Waals surface area contributed by atoms with Crippen molar-refractivity contribution in [3.63, 3.8) is 0 Å². The maximum absolute atomic E-state index is 12.2. The maximum Gasteiger partial charge on any atom is 0.324 e. The van der Waals surface area contributed by atoms with Gasteiger partial charge in [-0.25, -0.2) is 9.78 Å². The summed E-state index contributed by atoms with van der Waals surface area (Å²) < 4.78 is 1.44. The highest BCUT2D eigenvalue weighted by Gasteiger charge is 2.42. The molecular weight excluding hydrogens is 422 g/mol. The van der Waals surface area contributed by atoms with Crippen molar-refractivity contribution < 1.29 is 9.59 Å². The minimum Gasteiger partial charge on any atom is -0.382 e. The zero-order chi connectivity index (χ0) is 22.7. The molecule has 1 atom stereocenters. The van der Waals surface area contributed by atoms with E-state index in [9.17, 15) is 14.9 Å². The lowest BCUT2D eigenvalue weighted by Crippen LogP contribution is -2.53. The van der Waals surface area contributed by atoms with Gasteiger partial charge in [-0.2, -0.15) is 14.9 Å². The van der Waals surface area contributed by atoms with Gasteiger partial charge in [0.15, 0.2) is 11.5 Å². The van der Waals surface area contributed by atoms with Gasteiger partial charge in [0.25, 0.3) is 5.91 Å². The number of hydrogen-bond donors (Lipinski definition) is 2. The molecule has 3 aromatic heterocycles. The first-order chi connectivity index (χ1) is 16.0. The first kappa shape index (κ1) is 19.0. The van der Waals surface area contributed by atoms with Crippen molar-refractivity contribution >= 4 is 40.1 Å². The molecule has 0 aliphatic carbocycles. The quantitative estimate of drug-likeness (QED) is 0.442. The second-order valence-corrected chi connectivity index (χ2v) is 7.97. The first-order valence-electron chi connectivity index (χ1n) is 10.3. The summed E-state index contributed by atoms with van der Waals surface area (Å²) in [6.45, 7) is 0.964. The van der Waals surface area contributed by atoms with Gasteiger partial charge in [-0.15, -0.1) is 0 Å². The normalized spacial score (nSPS) is 18.0. The van der Waals surface area contributed by atoms with E-state index in [4.69, 9.17) is 10.7 Å². The Balaban J connectivity index is 1.48. The molecule has 6 rings (SSSR count). The predicted octanol–water partition coefficient (Wildman–Crippen LogP) is 1.14. The second-order valence-electron chi connectivity index (χ2n) is 7.97. The summed E-state index contributed by atoms with van der Waals surface area (Å²) in [5, 5.41) is 17.5. The number of para-hydroxylation sites is 1. The van der Waals surface area contributed by atoms with E-state index in [0.29, 0.717) is 24.6 Å². The smallest absolute Gasteiger partial charge is 0.324 e. The molecule has 0 radical (unpaired) electrons. The van der Waals surface area contributed by atoms with Crippen LogP contribution in [0.5, 0.6) is 0 Å². The van der Waals surface area contributed by atoms with Crippen LogP contribution in [0.4, 0.5) is 16.4 Å². The van der Waals surface area contributed by atoms with Gasteiger partial charge >= 0.3 is 6.03 Å². The molecule has 3 amide bonds. The highest BCUT2D eigenvalue weighted by Crippen LogP contribution is 2.32. The highest BCUT2D eigenvalue weighted by molar-refractivity contribution is 6.04. The predicted molar refractivity (Wildman–Crippen MR) is 119 cm³/mol. The van der Waals surface area contributed by atoms with Crippen LogP contribution >= 0.6 is 0 Å². The number of imide groups is 1. The molecule has 2 aliphatic heterocycles. The standard InChI is InChI=1S/C22H17N9O2/c23-8-14-18(24)31-20(15(10-26-31)13-7-12-3-1-2-4-16(12)25-9-13)27-19(14)29-5-6-30-17(11-29)21(32)28-22(30)33/h1-4,7,9-10,17H,5-6,11,24H2,(H,28,32,33). The van der Waals surface area contributed by atoms with E-state index in [2.05, 4.69) is 21.5 Å². The number of carbonyl (C=O) groups is 2. The third-order valence-electron chi connectivity index (χ3n) is 6.15. The van der Waals surface area contributed by atoms with Crippen LogP contribution in [0.3, 0.4) is 0 Å². The first-order valence-corrected chi connectivity index (χ1v) is 10.3. The van der Waals surface area contributed by atoms with E-state index in [1.54, 1.807) is 12.4 Å².